The van der Waals surface area contributed by atoms with Crippen LogP contribution in [0, 0.1) is 0 Å². The molecule has 0 unspecified atom stereocenters. The molecule has 0 spiro atoms. The first-order chi connectivity index (χ1) is 16.4. The number of hydrogen-bond donors (Lipinski definition) is 0. The monoisotopic (exact) mass is 513 g/mol. The Morgan fingerprint density at radius 2 is 1.38 bits per heavy atom. The van der Waals surface area contributed by atoms with Crippen LogP contribution >= 0.6 is 23.2 Å². The fourth-order valence-electron chi connectivity index (χ4n) is 3.95. The van der Waals surface area contributed by atoms with Crippen molar-refractivity contribution in [2.45, 2.75) is 9.92 Å². The summed E-state index contributed by atoms with van der Waals surface area (Å²) in [5.41, 5.74) is 1.66. The number of piperazine rings is 1. The summed E-state index contributed by atoms with van der Waals surface area (Å²) in [6, 6.07) is 23.2. The quantitative estimate of drug-likeness (QED) is 0.335. The molecular formula is C25H21Cl2N3O3S. The van der Waals surface area contributed by atoms with E-state index in [0.717, 1.165) is 5.69 Å². The van der Waals surface area contributed by atoms with Crippen molar-refractivity contribution in [3.63, 3.8) is 0 Å². The van der Waals surface area contributed by atoms with E-state index in [1.165, 1.54) is 12.1 Å². The maximum atomic E-state index is 13.6. The topological polar surface area (TPSA) is 66.7 Å². The third-order valence-corrected chi connectivity index (χ3v) is 8.00. The molecule has 1 aliphatic heterocycles. The highest BCUT2D eigenvalue weighted by molar-refractivity contribution is 7.91. The molecule has 1 aromatic heterocycles. The Labute approximate surface area is 208 Å². The minimum atomic E-state index is -3.96. The molecule has 174 valence electrons. The maximum absolute atomic E-state index is 13.6. The van der Waals surface area contributed by atoms with Crippen molar-refractivity contribution in [3.8, 4) is 11.5 Å². The first-order valence-corrected chi connectivity index (χ1v) is 13.0. The average Bonchev–Trinajstić information content (AvgIpc) is 3.31. The minimum Gasteiger partial charge on any atom is -0.419 e. The number of sulfone groups is 1. The van der Waals surface area contributed by atoms with Gasteiger partial charge in [-0.15, -0.1) is 0 Å². The Bertz CT molecular complexity index is 1400. The SMILES string of the molecule is O=S(=O)(c1ccc(Cl)cc1)c1nc(-c2ccccc2Cl)oc1N1CCN(c2ccccc2)CC1. The van der Waals surface area contributed by atoms with Crippen LogP contribution in [-0.4, -0.2) is 39.6 Å². The number of hydrogen-bond acceptors (Lipinski definition) is 6. The molecule has 9 heteroatoms. The van der Waals surface area contributed by atoms with Gasteiger partial charge in [-0.05, 0) is 48.5 Å². The van der Waals surface area contributed by atoms with E-state index in [4.69, 9.17) is 27.6 Å². The van der Waals surface area contributed by atoms with Crippen LogP contribution in [0.15, 0.2) is 93.2 Å². The van der Waals surface area contributed by atoms with Gasteiger partial charge in [0.1, 0.15) is 0 Å². The molecule has 6 nitrogen and oxygen atoms in total. The number of anilines is 2. The molecule has 0 bridgehead atoms. The molecule has 1 fully saturated rings. The number of para-hydroxylation sites is 1. The highest BCUT2D eigenvalue weighted by atomic mass is 35.5. The number of rotatable bonds is 5. The fourth-order valence-corrected chi connectivity index (χ4v) is 5.62. The molecule has 0 atom stereocenters. The third-order valence-electron chi connectivity index (χ3n) is 5.75. The van der Waals surface area contributed by atoms with Crippen molar-refractivity contribution < 1.29 is 12.8 Å². The Balaban J connectivity index is 1.53. The lowest BCUT2D eigenvalue weighted by Gasteiger charge is -2.36. The largest absolute Gasteiger partial charge is 0.419 e. The van der Waals surface area contributed by atoms with Crippen LogP contribution in [-0.2, 0) is 9.84 Å². The van der Waals surface area contributed by atoms with Gasteiger partial charge in [-0.25, -0.2) is 8.42 Å². The van der Waals surface area contributed by atoms with E-state index in [0.29, 0.717) is 41.8 Å². The standard InChI is InChI=1S/C25H21Cl2N3O3S/c26-18-10-12-20(13-11-18)34(31,32)24-25(33-23(28-24)21-8-4-5-9-22(21)27)30-16-14-29(15-17-30)19-6-2-1-3-7-19/h1-13H,14-17H2. The number of aromatic nitrogens is 1. The first kappa shape index (κ1) is 22.8. The van der Waals surface area contributed by atoms with E-state index in [2.05, 4.69) is 22.0 Å². The lowest BCUT2D eigenvalue weighted by Crippen LogP contribution is -2.46. The molecule has 0 saturated carbocycles. The molecule has 0 radical (unpaired) electrons. The van der Waals surface area contributed by atoms with Crippen LogP contribution in [0.3, 0.4) is 0 Å². The van der Waals surface area contributed by atoms with E-state index < -0.39 is 9.84 Å². The lowest BCUT2D eigenvalue weighted by molar-refractivity contribution is 0.525. The van der Waals surface area contributed by atoms with Crippen molar-refractivity contribution in [2.24, 2.45) is 0 Å². The van der Waals surface area contributed by atoms with Gasteiger partial charge < -0.3 is 14.2 Å². The van der Waals surface area contributed by atoms with Crippen LogP contribution in [0.2, 0.25) is 10.0 Å². The van der Waals surface area contributed by atoms with E-state index in [1.807, 2.05) is 23.1 Å². The summed E-state index contributed by atoms with van der Waals surface area (Å²) < 4.78 is 33.3. The highest BCUT2D eigenvalue weighted by Gasteiger charge is 2.33. The zero-order valence-electron chi connectivity index (χ0n) is 18.1. The van der Waals surface area contributed by atoms with Crippen LogP contribution in [0.4, 0.5) is 11.6 Å². The molecule has 3 aromatic carbocycles. The molecule has 4 aromatic rings. The third kappa shape index (κ3) is 4.39. The van der Waals surface area contributed by atoms with Crippen LogP contribution in [0.1, 0.15) is 0 Å². The summed E-state index contributed by atoms with van der Waals surface area (Å²) >= 11 is 12.3. The van der Waals surface area contributed by atoms with Crippen LogP contribution in [0.5, 0.6) is 0 Å². The Morgan fingerprint density at radius 1 is 0.765 bits per heavy atom. The smallest absolute Gasteiger partial charge is 0.236 e. The highest BCUT2D eigenvalue weighted by Crippen LogP contribution is 2.37. The molecule has 0 N–H and O–H groups in total. The van der Waals surface area contributed by atoms with E-state index >= 15 is 0 Å². The Kier molecular flexibility index (Phi) is 6.25. The first-order valence-electron chi connectivity index (χ1n) is 10.7. The van der Waals surface area contributed by atoms with Gasteiger partial charge in [0, 0.05) is 36.9 Å². The van der Waals surface area contributed by atoms with Gasteiger partial charge in [0.2, 0.25) is 26.6 Å². The van der Waals surface area contributed by atoms with E-state index in [-0.39, 0.29) is 21.7 Å². The van der Waals surface area contributed by atoms with Gasteiger partial charge in [0.15, 0.2) is 0 Å². The number of benzene rings is 3. The molecule has 0 amide bonds. The zero-order chi connectivity index (χ0) is 23.7. The van der Waals surface area contributed by atoms with Crippen molar-refractivity contribution in [2.75, 3.05) is 36.0 Å². The number of halogens is 2. The summed E-state index contributed by atoms with van der Waals surface area (Å²) in [7, 11) is -3.96. The van der Waals surface area contributed by atoms with E-state index in [9.17, 15) is 8.42 Å². The fraction of sp³-hybridized carbons (Fsp3) is 0.160. The second-order valence-electron chi connectivity index (χ2n) is 7.88. The van der Waals surface area contributed by atoms with Crippen LogP contribution in [0.25, 0.3) is 11.5 Å². The molecule has 1 aliphatic rings. The molecule has 0 aliphatic carbocycles. The van der Waals surface area contributed by atoms with Crippen molar-refractivity contribution in [1.29, 1.82) is 0 Å². The molecule has 1 saturated heterocycles. The lowest BCUT2D eigenvalue weighted by atomic mass is 10.2. The number of nitrogens with zero attached hydrogens (tertiary/aromatic N) is 3. The Morgan fingerprint density at radius 3 is 2.06 bits per heavy atom. The van der Waals surface area contributed by atoms with Gasteiger partial charge in [0.25, 0.3) is 0 Å². The van der Waals surface area contributed by atoms with Gasteiger partial charge in [-0.3, -0.25) is 0 Å². The van der Waals surface area contributed by atoms with Gasteiger partial charge in [-0.2, -0.15) is 4.98 Å². The predicted octanol–water partition coefficient (Wildman–Crippen LogP) is 5.81. The summed E-state index contributed by atoms with van der Waals surface area (Å²) in [4.78, 5) is 8.72. The second-order valence-corrected chi connectivity index (χ2v) is 10.6. The molecule has 5 rings (SSSR count). The Hall–Kier alpha value is -3.00. The summed E-state index contributed by atoms with van der Waals surface area (Å²) in [5, 5.41) is 0.755. The minimum absolute atomic E-state index is 0.0973. The van der Waals surface area contributed by atoms with Crippen molar-refractivity contribution >= 4 is 44.6 Å². The maximum Gasteiger partial charge on any atom is 0.236 e. The van der Waals surface area contributed by atoms with Gasteiger partial charge >= 0.3 is 0 Å². The van der Waals surface area contributed by atoms with E-state index in [1.54, 1.807) is 36.4 Å². The zero-order valence-corrected chi connectivity index (χ0v) is 20.4. The van der Waals surface area contributed by atoms with Gasteiger partial charge in [-0.1, -0.05) is 53.5 Å². The van der Waals surface area contributed by atoms with Crippen LogP contribution < -0.4 is 9.80 Å². The van der Waals surface area contributed by atoms with Crippen molar-refractivity contribution in [3.05, 3.63) is 88.9 Å². The molecule has 34 heavy (non-hydrogen) atoms. The normalized spacial score (nSPS) is 14.4. The van der Waals surface area contributed by atoms with Crippen molar-refractivity contribution in [1.82, 2.24) is 4.98 Å². The average molecular weight is 514 g/mol. The second kappa shape index (κ2) is 9.33. The van der Waals surface area contributed by atoms with Gasteiger partial charge in [0.05, 0.1) is 15.5 Å². The molecule has 2 heterocycles. The molecular weight excluding hydrogens is 493 g/mol. The summed E-state index contributed by atoms with van der Waals surface area (Å²) in [6.45, 7) is 2.59. The number of oxazole rings is 1. The summed E-state index contributed by atoms with van der Waals surface area (Å²) in [6.07, 6.45) is 0. The summed E-state index contributed by atoms with van der Waals surface area (Å²) in [5.74, 6) is 0.385. The predicted molar refractivity (Wildman–Crippen MR) is 135 cm³/mol.